The zero-order valence-electron chi connectivity index (χ0n) is 33.7. The highest BCUT2D eigenvalue weighted by Gasteiger charge is 2.28. The average molecular weight is 758 g/mol. The maximum absolute atomic E-state index is 11.6. The average Bonchev–Trinajstić information content (AvgIpc) is 3.11. The van der Waals surface area contributed by atoms with Crippen LogP contribution < -0.4 is 5.32 Å². The molecule has 304 valence electrons. The largest absolute Gasteiger partial charge is 0.462 e. The van der Waals surface area contributed by atoms with Gasteiger partial charge in [-0.3, -0.25) is 14.4 Å². The zero-order valence-corrected chi connectivity index (χ0v) is 33.7. The van der Waals surface area contributed by atoms with Crippen LogP contribution in [0.1, 0.15) is 95.4 Å². The molecule has 0 aliphatic carbocycles. The predicted octanol–water partition coefficient (Wildman–Crippen LogP) is 5.59. The second-order valence-corrected chi connectivity index (χ2v) is 13.4. The minimum absolute atomic E-state index is 0.000325. The van der Waals surface area contributed by atoms with E-state index in [1.165, 1.54) is 6.92 Å². The maximum atomic E-state index is 11.6. The van der Waals surface area contributed by atoms with Crippen molar-refractivity contribution in [2.45, 2.75) is 95.4 Å². The van der Waals surface area contributed by atoms with Gasteiger partial charge in [0, 0.05) is 17.2 Å². The molecule has 0 saturated carbocycles. The van der Waals surface area contributed by atoms with Crippen LogP contribution in [0.15, 0.2) is 37.0 Å². The third-order valence-electron chi connectivity index (χ3n) is 7.44. The van der Waals surface area contributed by atoms with Gasteiger partial charge in [0.25, 0.3) is 0 Å². The molecule has 1 amide bonds. The first-order valence-corrected chi connectivity index (χ1v) is 17.3. The van der Waals surface area contributed by atoms with Crippen molar-refractivity contribution in [3.05, 3.63) is 37.0 Å². The Morgan fingerprint density at radius 3 is 1.13 bits per heavy atom. The summed E-state index contributed by atoms with van der Waals surface area (Å²) in [7, 11) is 0. The van der Waals surface area contributed by atoms with Crippen LogP contribution in [0.3, 0.4) is 0 Å². The fourth-order valence-corrected chi connectivity index (χ4v) is 2.49. The summed E-state index contributed by atoms with van der Waals surface area (Å²) >= 11 is 0. The number of nitrogens with one attached hydrogen (secondary N) is 1. The van der Waals surface area contributed by atoms with E-state index in [1.54, 1.807) is 20.8 Å². The molecule has 0 heterocycles. The Bertz CT molecular complexity index is 1230. The first-order valence-electron chi connectivity index (χ1n) is 17.3. The molecular weight excluding hydrogens is 694 g/mol. The maximum Gasteiger partial charge on any atom is 0.407 e. The first-order chi connectivity index (χ1) is 24.4. The van der Waals surface area contributed by atoms with Gasteiger partial charge in [-0.15, -0.1) is 0 Å². The van der Waals surface area contributed by atoms with Gasteiger partial charge in [-0.2, -0.15) is 0 Å². The van der Waals surface area contributed by atoms with Crippen molar-refractivity contribution in [2.75, 3.05) is 52.8 Å². The molecule has 0 bridgehead atoms. The highest BCUT2D eigenvalue weighted by atomic mass is 16.6. The summed E-state index contributed by atoms with van der Waals surface area (Å²) in [5.74, 6) is -2.38. The molecule has 0 aliphatic rings. The van der Waals surface area contributed by atoms with Gasteiger partial charge < -0.3 is 38.5 Å². The lowest BCUT2D eigenvalue weighted by molar-refractivity contribution is -0.158. The Morgan fingerprint density at radius 1 is 0.509 bits per heavy atom. The molecule has 1 N–H and O–H groups in total. The Hall–Kier alpha value is -4.69. The van der Waals surface area contributed by atoms with E-state index in [-0.39, 0.29) is 70.7 Å². The number of carbonyl (C=O) groups excluding carboxylic acids is 7. The van der Waals surface area contributed by atoms with Crippen LogP contribution in [-0.2, 0) is 61.9 Å². The highest BCUT2D eigenvalue weighted by molar-refractivity contribution is 5.87. The number of rotatable bonds is 21. The van der Waals surface area contributed by atoms with Gasteiger partial charge in [0.05, 0.1) is 22.8 Å². The van der Waals surface area contributed by atoms with E-state index in [9.17, 15) is 33.6 Å². The van der Waals surface area contributed by atoms with Gasteiger partial charge in [0.1, 0.15) is 46.2 Å². The summed E-state index contributed by atoms with van der Waals surface area (Å²) in [4.78, 5) is 78.5. The number of ether oxygens (including phenoxy) is 7. The van der Waals surface area contributed by atoms with Crippen molar-refractivity contribution in [1.82, 2.24) is 5.32 Å². The molecule has 0 saturated heterocycles. The normalized spacial score (nSPS) is 10.6. The van der Waals surface area contributed by atoms with Gasteiger partial charge in [0.15, 0.2) is 0 Å². The molecule has 0 unspecified atom stereocenters. The van der Waals surface area contributed by atoms with Crippen LogP contribution in [0.2, 0.25) is 0 Å². The molecule has 0 aromatic heterocycles. The van der Waals surface area contributed by atoms with E-state index in [2.05, 4.69) is 29.8 Å². The van der Waals surface area contributed by atoms with Gasteiger partial charge in [-0.05, 0) is 74.7 Å². The monoisotopic (exact) mass is 757 g/mol. The van der Waals surface area contributed by atoms with Crippen molar-refractivity contribution in [2.24, 2.45) is 16.2 Å². The second kappa shape index (κ2) is 27.9. The fraction of sp³-hybridized carbons (Fsp3) is 0.658. The number of esters is 6. The van der Waals surface area contributed by atoms with E-state index in [0.717, 1.165) is 6.08 Å². The van der Waals surface area contributed by atoms with Crippen LogP contribution in [0.4, 0.5) is 4.79 Å². The van der Waals surface area contributed by atoms with Crippen molar-refractivity contribution in [3.63, 3.8) is 0 Å². The van der Waals surface area contributed by atoms with Crippen LogP contribution in [0.5, 0.6) is 0 Å². The Morgan fingerprint density at radius 2 is 0.811 bits per heavy atom. The summed E-state index contributed by atoms with van der Waals surface area (Å²) in [6.07, 6.45) is 2.47. The number of hydrogen-bond donors (Lipinski definition) is 1. The Balaban J connectivity index is -0.000000726. The molecule has 0 atom stereocenters. The lowest BCUT2D eigenvalue weighted by atomic mass is 9.91. The van der Waals surface area contributed by atoms with E-state index in [4.69, 9.17) is 28.4 Å². The quantitative estimate of drug-likeness (QED) is 0.0658. The second-order valence-electron chi connectivity index (χ2n) is 13.4. The van der Waals surface area contributed by atoms with Crippen LogP contribution >= 0.6 is 0 Å². The molecular formula is C38H63NO14. The van der Waals surface area contributed by atoms with Crippen LogP contribution in [0.25, 0.3) is 0 Å². The van der Waals surface area contributed by atoms with Crippen molar-refractivity contribution in [3.8, 4) is 0 Å². The topological polar surface area (TPSA) is 196 Å². The molecule has 0 aliphatic heterocycles. The number of amides is 1. The summed E-state index contributed by atoms with van der Waals surface area (Å²) in [5.41, 5.74) is -0.893. The summed E-state index contributed by atoms with van der Waals surface area (Å²) in [6.45, 7) is 30.2. The standard InChI is InChI=1S/C15H25NO6.C12H20O4.C11H18O4/c1-6-15(4,5)13(18)21-9-10-22-14(19)16-7-8-20-12(17)11(2)3;1-6-12(4,5)11(14)16-8-7-15-10(13)9(2)3;1-5-9(12)14-7-8-15-10(13)11(3,4)6-2/h2,6-10H2,1,3-5H3,(H,16,19);2,6-8H2,1,3-5H3;5H,1,6-8H2,2-4H3. The molecule has 0 fully saturated rings. The molecule has 15 nitrogen and oxygen atoms in total. The lowest BCUT2D eigenvalue weighted by Crippen LogP contribution is -2.31. The van der Waals surface area contributed by atoms with E-state index in [1.807, 2.05) is 48.5 Å². The Kier molecular flexibility index (Phi) is 27.7. The molecule has 0 aromatic carbocycles. The first kappa shape index (κ1) is 52.7. The SMILES string of the molecule is C=C(C)C(=O)OCCNC(=O)OCCOC(=O)C(C)(C)CC.C=C(C)C(=O)OCCOC(=O)C(C)(C)CC.C=CC(=O)OCCOC(=O)C(C)(C)CC. The van der Waals surface area contributed by atoms with Gasteiger partial charge in [-0.25, -0.2) is 19.2 Å². The number of alkyl carbamates (subject to hydrolysis) is 1. The minimum atomic E-state index is -0.669. The van der Waals surface area contributed by atoms with E-state index >= 15 is 0 Å². The van der Waals surface area contributed by atoms with Crippen molar-refractivity contribution in [1.29, 1.82) is 0 Å². The lowest BCUT2D eigenvalue weighted by Gasteiger charge is -2.20. The third kappa shape index (κ3) is 26.7. The number of carbonyl (C=O) groups is 7. The Labute approximate surface area is 315 Å². The minimum Gasteiger partial charge on any atom is -0.462 e. The third-order valence-corrected chi connectivity index (χ3v) is 7.44. The molecule has 0 rings (SSSR count). The molecule has 53 heavy (non-hydrogen) atoms. The van der Waals surface area contributed by atoms with E-state index in [0.29, 0.717) is 30.4 Å². The van der Waals surface area contributed by atoms with E-state index < -0.39 is 40.2 Å². The zero-order chi connectivity index (χ0) is 41.8. The van der Waals surface area contributed by atoms with Crippen LogP contribution in [-0.4, -0.2) is 94.7 Å². The predicted molar refractivity (Wildman–Crippen MR) is 197 cm³/mol. The number of hydrogen-bond acceptors (Lipinski definition) is 14. The van der Waals surface area contributed by atoms with Crippen molar-refractivity contribution >= 4 is 41.9 Å². The van der Waals surface area contributed by atoms with Gasteiger partial charge in [-0.1, -0.05) is 40.5 Å². The highest BCUT2D eigenvalue weighted by Crippen LogP contribution is 2.22. The summed E-state index contributed by atoms with van der Waals surface area (Å²) in [6, 6.07) is 0. The fourth-order valence-electron chi connectivity index (χ4n) is 2.49. The molecule has 0 aromatic rings. The van der Waals surface area contributed by atoms with Crippen LogP contribution in [0, 0.1) is 16.2 Å². The summed E-state index contributed by atoms with van der Waals surface area (Å²) < 4.78 is 34.0. The van der Waals surface area contributed by atoms with Gasteiger partial charge in [0.2, 0.25) is 0 Å². The molecule has 0 radical (unpaired) electrons. The summed E-state index contributed by atoms with van der Waals surface area (Å²) in [5, 5.41) is 2.40. The molecule has 0 spiro atoms. The van der Waals surface area contributed by atoms with Crippen molar-refractivity contribution < 1.29 is 66.7 Å². The van der Waals surface area contributed by atoms with Gasteiger partial charge >= 0.3 is 41.9 Å². The molecule has 15 heteroatoms. The smallest absolute Gasteiger partial charge is 0.407 e.